The number of aliphatic hydroxyl groups excluding tert-OH is 4. The highest BCUT2D eigenvalue weighted by Crippen LogP contribution is 2.42. The van der Waals surface area contributed by atoms with Crippen molar-refractivity contribution in [2.24, 2.45) is 0 Å². The smallest absolute Gasteiger partial charge is 0.229 e. The third kappa shape index (κ3) is 3.72. The van der Waals surface area contributed by atoms with E-state index in [-0.39, 0.29) is 22.5 Å². The molecule has 0 unspecified atom stereocenters. The van der Waals surface area contributed by atoms with E-state index < -0.39 is 60.0 Å². The first-order valence-electron chi connectivity index (χ1n) is 9.50. The van der Waals surface area contributed by atoms with Gasteiger partial charge in [0.2, 0.25) is 12.0 Å². The van der Waals surface area contributed by atoms with E-state index in [9.17, 15) is 40.5 Å². The zero-order valence-electron chi connectivity index (χ0n) is 16.3. The molecular weight excluding hydrogens is 428 g/mol. The van der Waals surface area contributed by atoms with Crippen LogP contribution in [0.4, 0.5) is 0 Å². The predicted molar refractivity (Wildman–Crippen MR) is 107 cm³/mol. The number of ether oxygens (including phenoxy) is 2. The molecule has 0 saturated carbocycles. The number of phenolic OH excluding ortho intramolecular Hbond substituents is 3. The summed E-state index contributed by atoms with van der Waals surface area (Å²) in [5.74, 6) is -2.03. The lowest BCUT2D eigenvalue weighted by Gasteiger charge is -2.39. The second-order valence-corrected chi connectivity index (χ2v) is 7.28. The van der Waals surface area contributed by atoms with Crippen molar-refractivity contribution in [3.05, 3.63) is 46.6 Å². The van der Waals surface area contributed by atoms with Crippen molar-refractivity contribution in [2.45, 2.75) is 30.7 Å². The Morgan fingerprint density at radius 2 is 1.59 bits per heavy atom. The van der Waals surface area contributed by atoms with Crippen LogP contribution in [0, 0.1) is 0 Å². The highest BCUT2D eigenvalue weighted by molar-refractivity contribution is 5.89. The summed E-state index contributed by atoms with van der Waals surface area (Å²) in [6.07, 6.45) is -7.99. The monoisotopic (exact) mass is 448 g/mol. The van der Waals surface area contributed by atoms with Crippen LogP contribution < -0.4 is 10.2 Å². The summed E-state index contributed by atoms with van der Waals surface area (Å²) in [5.41, 5.74) is -0.386. The van der Waals surface area contributed by atoms with E-state index in [1.54, 1.807) is 0 Å². The molecule has 170 valence electrons. The SMILES string of the molecule is O=c1cc(-c2ccc(O)cc2)oc2cc(O[C@@H]3O[C@H](CO)[C@@H](O)[C@@H](O)[C@@H]3O)c(O)c(O)c12. The van der Waals surface area contributed by atoms with E-state index in [4.69, 9.17) is 13.9 Å². The molecule has 11 heteroatoms. The van der Waals surface area contributed by atoms with Gasteiger partial charge in [-0.2, -0.15) is 0 Å². The molecule has 0 spiro atoms. The first-order chi connectivity index (χ1) is 15.2. The van der Waals surface area contributed by atoms with Gasteiger partial charge in [0, 0.05) is 17.7 Å². The molecule has 32 heavy (non-hydrogen) atoms. The first-order valence-corrected chi connectivity index (χ1v) is 9.50. The quantitative estimate of drug-likeness (QED) is 0.261. The topological polar surface area (TPSA) is 190 Å². The molecule has 1 aliphatic rings. The number of fused-ring (bicyclic) bond motifs is 1. The number of hydrogen-bond acceptors (Lipinski definition) is 11. The zero-order valence-corrected chi connectivity index (χ0v) is 16.3. The molecule has 4 rings (SSSR count). The second kappa shape index (κ2) is 8.30. The lowest BCUT2D eigenvalue weighted by atomic mass is 9.99. The Morgan fingerprint density at radius 1 is 0.906 bits per heavy atom. The Kier molecular flexibility index (Phi) is 5.67. The average molecular weight is 448 g/mol. The van der Waals surface area contributed by atoms with Gasteiger partial charge >= 0.3 is 0 Å². The summed E-state index contributed by atoms with van der Waals surface area (Å²) in [4.78, 5) is 12.6. The number of aromatic hydroxyl groups is 3. The Balaban J connectivity index is 1.76. The fourth-order valence-electron chi connectivity index (χ4n) is 3.42. The summed E-state index contributed by atoms with van der Waals surface area (Å²) in [6, 6.07) is 7.97. The van der Waals surface area contributed by atoms with Gasteiger partial charge in [0.05, 0.1) is 6.61 Å². The molecule has 0 bridgehead atoms. The number of rotatable bonds is 4. The third-order valence-corrected chi connectivity index (χ3v) is 5.17. The minimum Gasteiger partial charge on any atom is -0.508 e. The summed E-state index contributed by atoms with van der Waals surface area (Å²) in [7, 11) is 0. The van der Waals surface area contributed by atoms with Gasteiger partial charge in [0.25, 0.3) is 0 Å². The maximum Gasteiger partial charge on any atom is 0.229 e. The molecule has 0 amide bonds. The van der Waals surface area contributed by atoms with Crippen LogP contribution in [0.5, 0.6) is 23.0 Å². The van der Waals surface area contributed by atoms with Gasteiger partial charge < -0.3 is 49.6 Å². The van der Waals surface area contributed by atoms with Crippen molar-refractivity contribution in [3.63, 3.8) is 0 Å². The summed E-state index contributed by atoms with van der Waals surface area (Å²) in [5, 5.41) is 69.0. The number of hydrogen-bond donors (Lipinski definition) is 7. The van der Waals surface area contributed by atoms with Crippen molar-refractivity contribution in [1.29, 1.82) is 0 Å². The maximum absolute atomic E-state index is 12.6. The van der Waals surface area contributed by atoms with Gasteiger partial charge in [-0.15, -0.1) is 0 Å². The molecule has 5 atom stereocenters. The van der Waals surface area contributed by atoms with Crippen LogP contribution in [0.1, 0.15) is 0 Å². The van der Waals surface area contributed by atoms with Gasteiger partial charge in [-0.3, -0.25) is 4.79 Å². The summed E-state index contributed by atoms with van der Waals surface area (Å²) in [6.45, 7) is -0.690. The lowest BCUT2D eigenvalue weighted by molar-refractivity contribution is -0.277. The van der Waals surface area contributed by atoms with Crippen molar-refractivity contribution in [3.8, 4) is 34.3 Å². The molecule has 11 nitrogen and oxygen atoms in total. The molecule has 3 aromatic rings. The Labute approximate surface area is 179 Å². The Hall–Kier alpha value is -3.35. The Bertz CT molecular complexity index is 1190. The van der Waals surface area contributed by atoms with E-state index in [1.807, 2.05) is 0 Å². The van der Waals surface area contributed by atoms with Crippen LogP contribution in [-0.4, -0.2) is 73.1 Å². The van der Waals surface area contributed by atoms with Crippen LogP contribution in [-0.2, 0) is 4.74 Å². The van der Waals surface area contributed by atoms with Gasteiger partial charge in [-0.05, 0) is 24.3 Å². The molecule has 0 aliphatic carbocycles. The van der Waals surface area contributed by atoms with Gasteiger partial charge in [-0.25, -0.2) is 0 Å². The van der Waals surface area contributed by atoms with Crippen molar-refractivity contribution in [2.75, 3.05) is 6.61 Å². The summed E-state index contributed by atoms with van der Waals surface area (Å²) >= 11 is 0. The van der Waals surface area contributed by atoms with Crippen molar-refractivity contribution >= 4 is 11.0 Å². The molecule has 1 aromatic heterocycles. The largest absolute Gasteiger partial charge is 0.508 e. The zero-order chi connectivity index (χ0) is 23.2. The molecule has 1 aliphatic heterocycles. The number of benzene rings is 2. The van der Waals surface area contributed by atoms with Crippen molar-refractivity contribution in [1.82, 2.24) is 0 Å². The van der Waals surface area contributed by atoms with E-state index in [1.165, 1.54) is 24.3 Å². The number of phenols is 3. The second-order valence-electron chi connectivity index (χ2n) is 7.28. The minimum absolute atomic E-state index is 0.00895. The Morgan fingerprint density at radius 3 is 2.25 bits per heavy atom. The molecule has 2 aromatic carbocycles. The lowest BCUT2D eigenvalue weighted by Crippen LogP contribution is -2.60. The van der Waals surface area contributed by atoms with Crippen molar-refractivity contribution < 1.29 is 49.6 Å². The molecule has 1 fully saturated rings. The van der Waals surface area contributed by atoms with Crippen LogP contribution in [0.2, 0.25) is 0 Å². The molecule has 0 radical (unpaired) electrons. The summed E-state index contributed by atoms with van der Waals surface area (Å²) < 4.78 is 16.3. The number of aliphatic hydroxyl groups is 4. The first kappa shape index (κ1) is 21.9. The predicted octanol–water partition coefficient (Wildman–Crippen LogP) is -0.245. The van der Waals surface area contributed by atoms with Crippen LogP contribution in [0.25, 0.3) is 22.3 Å². The van der Waals surface area contributed by atoms with E-state index in [0.29, 0.717) is 5.56 Å². The fraction of sp³-hybridized carbons (Fsp3) is 0.286. The van der Waals surface area contributed by atoms with Gasteiger partial charge in [-0.1, -0.05) is 0 Å². The highest BCUT2D eigenvalue weighted by Gasteiger charge is 2.45. The molecule has 7 N–H and O–H groups in total. The highest BCUT2D eigenvalue weighted by atomic mass is 16.7. The maximum atomic E-state index is 12.6. The third-order valence-electron chi connectivity index (χ3n) is 5.17. The molecule has 1 saturated heterocycles. The normalized spacial score (nSPS) is 25.7. The van der Waals surface area contributed by atoms with E-state index in [0.717, 1.165) is 12.1 Å². The van der Waals surface area contributed by atoms with Crippen LogP contribution in [0.3, 0.4) is 0 Å². The standard InChI is InChI=1S/C21H20O11/c22-7-14-17(26)19(28)20(29)21(32-14)31-13-6-12-15(18(27)16(13)25)10(24)5-11(30-12)8-1-3-9(23)4-2-8/h1-6,14,17,19-23,25-29H,7H2/t14-,17-,19-,20+,21-/m1/s1. The van der Waals surface area contributed by atoms with Gasteiger partial charge in [0.1, 0.15) is 46.9 Å². The average Bonchev–Trinajstić information content (AvgIpc) is 2.77. The molecule has 2 heterocycles. The van der Waals surface area contributed by atoms with E-state index in [2.05, 4.69) is 0 Å². The van der Waals surface area contributed by atoms with Gasteiger partial charge in [0.15, 0.2) is 16.9 Å². The minimum atomic E-state index is -1.76. The van der Waals surface area contributed by atoms with Crippen LogP contribution >= 0.6 is 0 Å². The van der Waals surface area contributed by atoms with E-state index >= 15 is 0 Å². The van der Waals surface area contributed by atoms with Crippen LogP contribution in [0.15, 0.2) is 45.6 Å². The fourth-order valence-corrected chi connectivity index (χ4v) is 3.42. The molecular formula is C21H20O11.